The molecule has 15 heavy (non-hydrogen) atoms. The summed E-state index contributed by atoms with van der Waals surface area (Å²) in [7, 11) is 1.45. The van der Waals surface area contributed by atoms with Gasteiger partial charge in [0.15, 0.2) is 11.6 Å². The van der Waals surface area contributed by atoms with Crippen LogP contribution in [0.5, 0.6) is 5.75 Å². The molecule has 84 valence electrons. The first-order valence-electron chi connectivity index (χ1n) is 5.02. The lowest BCUT2D eigenvalue weighted by molar-refractivity contribution is 0.385. The number of benzene rings is 1. The van der Waals surface area contributed by atoms with E-state index in [0.717, 1.165) is 18.4 Å². The number of nitrogens with one attached hydrogen (secondary N) is 1. The van der Waals surface area contributed by atoms with Crippen molar-refractivity contribution in [3.05, 3.63) is 29.6 Å². The van der Waals surface area contributed by atoms with E-state index >= 15 is 0 Å². The molecular formula is C11H17FN2O. The molecule has 1 rings (SSSR count). The summed E-state index contributed by atoms with van der Waals surface area (Å²) in [5, 5.41) is 0. The lowest BCUT2D eigenvalue weighted by Crippen LogP contribution is -2.27. The highest BCUT2D eigenvalue weighted by Gasteiger charge is 2.11. The molecule has 3 N–H and O–H groups in total. The van der Waals surface area contributed by atoms with Crippen LogP contribution in [0.25, 0.3) is 0 Å². The van der Waals surface area contributed by atoms with Gasteiger partial charge in [0.1, 0.15) is 0 Å². The van der Waals surface area contributed by atoms with Crippen LogP contribution in [0.2, 0.25) is 0 Å². The van der Waals surface area contributed by atoms with Gasteiger partial charge >= 0.3 is 0 Å². The number of halogens is 1. The zero-order valence-electron chi connectivity index (χ0n) is 9.09. The molecule has 0 amide bonds. The average Bonchev–Trinajstić information content (AvgIpc) is 2.25. The molecule has 0 aromatic heterocycles. The van der Waals surface area contributed by atoms with Gasteiger partial charge in [-0.15, -0.1) is 0 Å². The normalized spacial score (nSPS) is 12.5. The predicted molar refractivity (Wildman–Crippen MR) is 57.9 cm³/mol. The summed E-state index contributed by atoms with van der Waals surface area (Å²) in [5.74, 6) is 5.31. The summed E-state index contributed by atoms with van der Waals surface area (Å²) in [6.45, 7) is 2.06. The van der Waals surface area contributed by atoms with Crippen LogP contribution < -0.4 is 16.0 Å². The van der Waals surface area contributed by atoms with E-state index in [9.17, 15) is 4.39 Å². The monoisotopic (exact) mass is 212 g/mol. The summed E-state index contributed by atoms with van der Waals surface area (Å²) in [6.07, 6.45) is 1.87. The van der Waals surface area contributed by atoms with Crippen molar-refractivity contribution >= 4 is 0 Å². The van der Waals surface area contributed by atoms with Crippen molar-refractivity contribution in [3.63, 3.8) is 0 Å². The van der Waals surface area contributed by atoms with Crippen LogP contribution in [0.3, 0.4) is 0 Å². The van der Waals surface area contributed by atoms with Crippen molar-refractivity contribution in [2.24, 2.45) is 5.84 Å². The molecule has 0 aliphatic rings. The fraction of sp³-hybridized carbons (Fsp3) is 0.455. The number of hydrogen-bond donors (Lipinski definition) is 2. The molecule has 0 fully saturated rings. The molecular weight excluding hydrogens is 195 g/mol. The Kier molecular flexibility index (Phi) is 4.52. The minimum absolute atomic E-state index is 0.00425. The Bertz CT molecular complexity index is 317. The largest absolute Gasteiger partial charge is 0.494 e. The highest BCUT2D eigenvalue weighted by Crippen LogP contribution is 2.23. The Labute approximate surface area is 89.4 Å². The maximum atomic E-state index is 13.4. The van der Waals surface area contributed by atoms with Gasteiger partial charge in [0.05, 0.1) is 7.11 Å². The summed E-state index contributed by atoms with van der Waals surface area (Å²) >= 11 is 0. The second kappa shape index (κ2) is 5.68. The molecule has 0 aliphatic carbocycles. The Morgan fingerprint density at radius 1 is 1.53 bits per heavy atom. The van der Waals surface area contributed by atoms with Gasteiger partial charge in [0, 0.05) is 6.04 Å². The van der Waals surface area contributed by atoms with E-state index in [2.05, 4.69) is 12.3 Å². The number of rotatable bonds is 5. The van der Waals surface area contributed by atoms with E-state index in [4.69, 9.17) is 10.6 Å². The molecule has 1 atom stereocenters. The molecule has 1 aromatic rings. The standard InChI is InChI=1S/C11H17FN2O/c1-3-4-10(14-13)8-5-6-11(15-2)9(12)7-8/h5-7,10,14H,3-4,13H2,1-2H3. The lowest BCUT2D eigenvalue weighted by Gasteiger charge is -2.15. The van der Waals surface area contributed by atoms with Crippen molar-refractivity contribution in [1.29, 1.82) is 0 Å². The Morgan fingerprint density at radius 2 is 2.27 bits per heavy atom. The maximum absolute atomic E-state index is 13.4. The van der Waals surface area contributed by atoms with Crippen LogP contribution >= 0.6 is 0 Å². The van der Waals surface area contributed by atoms with Crippen LogP contribution in [0, 0.1) is 5.82 Å². The summed E-state index contributed by atoms with van der Waals surface area (Å²) < 4.78 is 18.2. The zero-order chi connectivity index (χ0) is 11.3. The zero-order valence-corrected chi connectivity index (χ0v) is 9.09. The molecule has 0 bridgehead atoms. The maximum Gasteiger partial charge on any atom is 0.165 e. The van der Waals surface area contributed by atoms with Crippen LogP contribution in [-0.4, -0.2) is 7.11 Å². The second-order valence-corrected chi connectivity index (χ2v) is 3.40. The Morgan fingerprint density at radius 3 is 2.73 bits per heavy atom. The molecule has 0 radical (unpaired) electrons. The number of nitrogens with two attached hydrogens (primary N) is 1. The third-order valence-corrected chi connectivity index (χ3v) is 2.36. The molecule has 1 aromatic carbocycles. The molecule has 4 heteroatoms. The summed E-state index contributed by atoms with van der Waals surface area (Å²) in [4.78, 5) is 0. The minimum Gasteiger partial charge on any atom is -0.494 e. The van der Waals surface area contributed by atoms with Crippen LogP contribution in [0.1, 0.15) is 31.4 Å². The molecule has 0 aliphatic heterocycles. The third-order valence-electron chi connectivity index (χ3n) is 2.36. The highest BCUT2D eigenvalue weighted by atomic mass is 19.1. The van der Waals surface area contributed by atoms with Crippen molar-refractivity contribution in [2.45, 2.75) is 25.8 Å². The Balaban J connectivity index is 2.89. The third kappa shape index (κ3) is 2.91. The summed E-state index contributed by atoms with van der Waals surface area (Å²) in [6, 6.07) is 4.89. The van der Waals surface area contributed by atoms with Crippen LogP contribution in [0.15, 0.2) is 18.2 Å². The second-order valence-electron chi connectivity index (χ2n) is 3.40. The van der Waals surface area contributed by atoms with Gasteiger partial charge in [-0.05, 0) is 24.1 Å². The molecule has 0 saturated carbocycles. The van der Waals surface area contributed by atoms with Crippen LogP contribution in [0.4, 0.5) is 4.39 Å². The molecule has 0 spiro atoms. The highest BCUT2D eigenvalue weighted by molar-refractivity contribution is 5.30. The van der Waals surface area contributed by atoms with Crippen LogP contribution in [-0.2, 0) is 0 Å². The van der Waals surface area contributed by atoms with Crippen molar-refractivity contribution in [3.8, 4) is 5.75 Å². The van der Waals surface area contributed by atoms with Gasteiger partial charge in [-0.25, -0.2) is 4.39 Å². The fourth-order valence-corrected chi connectivity index (χ4v) is 1.53. The number of ether oxygens (including phenoxy) is 1. The van der Waals surface area contributed by atoms with Gasteiger partial charge in [-0.1, -0.05) is 19.4 Å². The molecule has 1 unspecified atom stereocenters. The van der Waals surface area contributed by atoms with E-state index in [1.165, 1.54) is 13.2 Å². The van der Waals surface area contributed by atoms with Gasteiger partial charge in [0.2, 0.25) is 0 Å². The molecule has 0 heterocycles. The van der Waals surface area contributed by atoms with E-state index in [1.807, 2.05) is 6.07 Å². The van der Waals surface area contributed by atoms with E-state index in [-0.39, 0.29) is 17.6 Å². The first kappa shape index (κ1) is 11.9. The van der Waals surface area contributed by atoms with Gasteiger partial charge in [0.25, 0.3) is 0 Å². The van der Waals surface area contributed by atoms with Gasteiger partial charge in [-0.3, -0.25) is 11.3 Å². The average molecular weight is 212 g/mol. The topological polar surface area (TPSA) is 47.3 Å². The van der Waals surface area contributed by atoms with E-state index in [0.29, 0.717) is 0 Å². The molecule has 3 nitrogen and oxygen atoms in total. The quantitative estimate of drug-likeness (QED) is 0.580. The van der Waals surface area contributed by atoms with Gasteiger partial charge in [-0.2, -0.15) is 0 Å². The van der Waals surface area contributed by atoms with Crippen molar-refractivity contribution in [2.75, 3.05) is 7.11 Å². The van der Waals surface area contributed by atoms with E-state index in [1.54, 1.807) is 6.07 Å². The minimum atomic E-state index is -0.355. The smallest absolute Gasteiger partial charge is 0.165 e. The van der Waals surface area contributed by atoms with Gasteiger partial charge < -0.3 is 4.74 Å². The first-order chi connectivity index (χ1) is 7.22. The Hall–Kier alpha value is -1.13. The SMILES string of the molecule is CCCC(NN)c1ccc(OC)c(F)c1. The summed E-state index contributed by atoms with van der Waals surface area (Å²) in [5.41, 5.74) is 3.52. The number of methoxy groups -OCH3 is 1. The lowest BCUT2D eigenvalue weighted by atomic mass is 10.0. The predicted octanol–water partition coefficient (Wildman–Crippen LogP) is 2.14. The fourth-order valence-electron chi connectivity index (χ4n) is 1.53. The number of hydrogen-bond acceptors (Lipinski definition) is 3. The van der Waals surface area contributed by atoms with Crippen molar-refractivity contribution < 1.29 is 9.13 Å². The van der Waals surface area contributed by atoms with Crippen molar-refractivity contribution in [1.82, 2.24) is 5.43 Å². The van der Waals surface area contributed by atoms with E-state index < -0.39 is 0 Å². The first-order valence-corrected chi connectivity index (χ1v) is 5.02. The number of hydrazine groups is 1. The molecule has 0 saturated heterocycles.